The summed E-state index contributed by atoms with van der Waals surface area (Å²) in [6.45, 7) is 3.63. The monoisotopic (exact) mass is 282 g/mol. The van der Waals surface area contributed by atoms with Crippen LogP contribution >= 0.6 is 12.2 Å². The van der Waals surface area contributed by atoms with E-state index in [4.69, 9.17) is 18.0 Å². The van der Waals surface area contributed by atoms with Gasteiger partial charge >= 0.3 is 0 Å². The van der Waals surface area contributed by atoms with Crippen molar-refractivity contribution in [2.75, 3.05) is 18.5 Å². The predicted molar refractivity (Wildman–Crippen MR) is 82.7 cm³/mol. The Bertz CT molecular complexity index is 472. The fourth-order valence-corrected chi connectivity index (χ4v) is 1.97. The molecule has 0 spiro atoms. The van der Waals surface area contributed by atoms with Gasteiger partial charge in [0, 0.05) is 26.2 Å². The van der Waals surface area contributed by atoms with Gasteiger partial charge in [0.15, 0.2) is 0 Å². The summed E-state index contributed by atoms with van der Waals surface area (Å²) in [4.78, 5) is 14.5. The van der Waals surface area contributed by atoms with E-state index in [9.17, 15) is 4.79 Å². The van der Waals surface area contributed by atoms with Crippen LogP contribution in [0.5, 0.6) is 0 Å². The number of thiocarbonyl (C=S) groups is 1. The van der Waals surface area contributed by atoms with Gasteiger partial charge in [-0.25, -0.2) is 4.68 Å². The van der Waals surface area contributed by atoms with Crippen LogP contribution in [0.3, 0.4) is 0 Å². The van der Waals surface area contributed by atoms with E-state index in [-0.39, 0.29) is 5.56 Å². The van der Waals surface area contributed by atoms with E-state index < -0.39 is 0 Å². The van der Waals surface area contributed by atoms with Gasteiger partial charge in [0.25, 0.3) is 5.56 Å². The van der Waals surface area contributed by atoms with Crippen LogP contribution in [0.25, 0.3) is 0 Å². The van der Waals surface area contributed by atoms with Crippen LogP contribution in [-0.2, 0) is 6.54 Å². The Balaban J connectivity index is 2.57. The molecule has 19 heavy (non-hydrogen) atoms. The number of unbranched alkanes of at least 4 members (excludes halogenated alkanes) is 1. The zero-order chi connectivity index (χ0) is 14.3. The molecule has 0 aliphatic heterocycles. The van der Waals surface area contributed by atoms with Gasteiger partial charge in [-0.3, -0.25) is 4.79 Å². The van der Waals surface area contributed by atoms with Crippen LogP contribution < -0.4 is 16.2 Å². The number of anilines is 1. The van der Waals surface area contributed by atoms with Gasteiger partial charge in [-0.1, -0.05) is 19.1 Å². The number of hydrogen-bond donors (Lipinski definition) is 1. The number of nitrogens with zero attached hydrogens (tertiary/aromatic N) is 3. The Morgan fingerprint density at radius 2 is 2.26 bits per heavy atom. The molecule has 0 atom stereocenters. The van der Waals surface area contributed by atoms with Crippen molar-refractivity contribution in [1.29, 1.82) is 0 Å². The molecule has 0 saturated carbocycles. The molecule has 6 heteroatoms. The van der Waals surface area contributed by atoms with E-state index in [1.54, 1.807) is 12.3 Å². The van der Waals surface area contributed by atoms with Crippen molar-refractivity contribution < 1.29 is 0 Å². The summed E-state index contributed by atoms with van der Waals surface area (Å²) in [7, 11) is 1.96. The second-order valence-electron chi connectivity index (χ2n) is 4.62. The SMILES string of the molecule is CCCN(C)c1cnn(CCCCC(N)=S)c(=O)c1. The van der Waals surface area contributed by atoms with Gasteiger partial charge in [-0.2, -0.15) is 5.10 Å². The molecule has 0 unspecified atom stereocenters. The van der Waals surface area contributed by atoms with E-state index in [0.29, 0.717) is 11.5 Å². The summed E-state index contributed by atoms with van der Waals surface area (Å²) in [6, 6.07) is 1.64. The summed E-state index contributed by atoms with van der Waals surface area (Å²) in [5.74, 6) is 0. The highest BCUT2D eigenvalue weighted by atomic mass is 32.1. The lowest BCUT2D eigenvalue weighted by Gasteiger charge is -2.17. The molecule has 5 nitrogen and oxygen atoms in total. The van der Waals surface area contributed by atoms with Crippen LogP contribution in [0, 0.1) is 0 Å². The molecule has 2 N–H and O–H groups in total. The Labute approximate surface area is 119 Å². The van der Waals surface area contributed by atoms with E-state index in [2.05, 4.69) is 12.0 Å². The minimum absolute atomic E-state index is 0.0595. The second-order valence-corrected chi connectivity index (χ2v) is 5.14. The van der Waals surface area contributed by atoms with Crippen LogP contribution in [0.1, 0.15) is 32.6 Å². The van der Waals surface area contributed by atoms with E-state index in [1.807, 2.05) is 11.9 Å². The first-order chi connectivity index (χ1) is 9.04. The van der Waals surface area contributed by atoms with Gasteiger partial charge in [-0.05, 0) is 25.7 Å². The van der Waals surface area contributed by atoms with E-state index in [0.717, 1.165) is 37.9 Å². The summed E-state index contributed by atoms with van der Waals surface area (Å²) >= 11 is 4.81. The summed E-state index contributed by atoms with van der Waals surface area (Å²) in [5, 5.41) is 4.20. The van der Waals surface area contributed by atoms with Crippen LogP contribution in [0.2, 0.25) is 0 Å². The minimum atomic E-state index is -0.0595. The molecular formula is C13H22N4OS. The Morgan fingerprint density at radius 1 is 1.53 bits per heavy atom. The molecule has 1 rings (SSSR count). The van der Waals surface area contributed by atoms with Gasteiger partial charge in [-0.15, -0.1) is 0 Å². The minimum Gasteiger partial charge on any atom is -0.393 e. The maximum atomic E-state index is 11.9. The standard InChI is InChI=1S/C13H22N4OS/c1-3-7-16(2)11-9-13(18)17(15-10-11)8-5-4-6-12(14)19/h9-10H,3-8H2,1-2H3,(H2,14,19). The van der Waals surface area contributed by atoms with Crippen LogP contribution in [-0.4, -0.2) is 28.4 Å². The first-order valence-corrected chi connectivity index (χ1v) is 7.02. The number of rotatable bonds is 8. The zero-order valence-corrected chi connectivity index (χ0v) is 12.4. The lowest BCUT2D eigenvalue weighted by Crippen LogP contribution is -2.26. The lowest BCUT2D eigenvalue weighted by atomic mass is 10.2. The molecular weight excluding hydrogens is 260 g/mol. The summed E-state index contributed by atoms with van der Waals surface area (Å²) < 4.78 is 1.49. The van der Waals surface area contributed by atoms with Crippen LogP contribution in [0.4, 0.5) is 5.69 Å². The maximum Gasteiger partial charge on any atom is 0.268 e. The van der Waals surface area contributed by atoms with Crippen molar-refractivity contribution in [1.82, 2.24) is 9.78 Å². The van der Waals surface area contributed by atoms with Gasteiger partial charge in [0.05, 0.1) is 16.9 Å². The second kappa shape index (κ2) is 7.89. The number of nitrogens with two attached hydrogens (primary N) is 1. The number of hydrogen-bond acceptors (Lipinski definition) is 4. The summed E-state index contributed by atoms with van der Waals surface area (Å²) in [6.07, 6.45) is 5.25. The van der Waals surface area contributed by atoms with Crippen molar-refractivity contribution in [3.63, 3.8) is 0 Å². The van der Waals surface area contributed by atoms with Crippen molar-refractivity contribution in [2.24, 2.45) is 5.73 Å². The molecule has 1 aromatic heterocycles. The Kier molecular flexibility index (Phi) is 6.49. The first kappa shape index (κ1) is 15.6. The number of aromatic nitrogens is 2. The van der Waals surface area contributed by atoms with Crippen LogP contribution in [0.15, 0.2) is 17.1 Å². The number of aryl methyl sites for hydroxylation is 1. The topological polar surface area (TPSA) is 64.2 Å². The Morgan fingerprint density at radius 3 is 2.84 bits per heavy atom. The van der Waals surface area contributed by atoms with Crippen molar-refractivity contribution in [2.45, 2.75) is 39.2 Å². The smallest absolute Gasteiger partial charge is 0.268 e. The fraction of sp³-hybridized carbons (Fsp3) is 0.615. The maximum absolute atomic E-state index is 11.9. The van der Waals surface area contributed by atoms with E-state index >= 15 is 0 Å². The average Bonchev–Trinajstić information content (AvgIpc) is 2.36. The molecule has 0 radical (unpaired) electrons. The average molecular weight is 282 g/mol. The molecule has 0 amide bonds. The molecule has 0 fully saturated rings. The third-order valence-corrected chi connectivity index (χ3v) is 3.10. The molecule has 0 aromatic carbocycles. The molecule has 0 bridgehead atoms. The Hall–Kier alpha value is -1.43. The van der Waals surface area contributed by atoms with Crippen molar-refractivity contribution >= 4 is 22.9 Å². The predicted octanol–water partition coefficient (Wildman–Crippen LogP) is 1.55. The quantitative estimate of drug-likeness (QED) is 0.579. The lowest BCUT2D eigenvalue weighted by molar-refractivity contribution is 0.536. The van der Waals surface area contributed by atoms with Gasteiger partial charge < -0.3 is 10.6 Å². The van der Waals surface area contributed by atoms with Crippen molar-refractivity contribution in [3.05, 3.63) is 22.6 Å². The van der Waals surface area contributed by atoms with Gasteiger partial charge in [0.1, 0.15) is 0 Å². The third-order valence-electron chi connectivity index (χ3n) is 2.90. The highest BCUT2D eigenvalue weighted by Gasteiger charge is 2.04. The first-order valence-electron chi connectivity index (χ1n) is 6.61. The van der Waals surface area contributed by atoms with Gasteiger partial charge in [0.2, 0.25) is 0 Å². The molecule has 0 aliphatic carbocycles. The highest BCUT2D eigenvalue weighted by Crippen LogP contribution is 2.07. The molecule has 106 valence electrons. The normalized spacial score (nSPS) is 10.4. The molecule has 1 heterocycles. The van der Waals surface area contributed by atoms with Crippen molar-refractivity contribution in [3.8, 4) is 0 Å². The zero-order valence-electron chi connectivity index (χ0n) is 11.6. The summed E-state index contributed by atoms with van der Waals surface area (Å²) in [5.41, 5.74) is 6.23. The van der Waals surface area contributed by atoms with E-state index in [1.165, 1.54) is 4.68 Å². The fourth-order valence-electron chi connectivity index (χ4n) is 1.83. The largest absolute Gasteiger partial charge is 0.393 e. The highest BCUT2D eigenvalue weighted by molar-refractivity contribution is 7.80. The third kappa shape index (κ3) is 5.38. The molecule has 0 saturated heterocycles. The molecule has 1 aromatic rings. The molecule has 0 aliphatic rings.